The molecule has 202 valence electrons. The van der Waals surface area contributed by atoms with Gasteiger partial charge in [0.15, 0.2) is 0 Å². The van der Waals surface area contributed by atoms with E-state index in [0.717, 1.165) is 49.0 Å². The van der Waals surface area contributed by atoms with Gasteiger partial charge in [-0.05, 0) is 55.6 Å². The number of nitrogens with two attached hydrogens (primary N) is 1. The minimum atomic E-state index is -2.70. The molecule has 2 amide bonds. The molecule has 3 aliphatic rings. The summed E-state index contributed by atoms with van der Waals surface area (Å²) in [6.45, 7) is 3.46. The molecule has 4 rings (SSSR count). The molecule has 1 aromatic carbocycles. The molecule has 11 heteroatoms. The molecule has 1 saturated heterocycles. The van der Waals surface area contributed by atoms with E-state index in [-0.39, 0.29) is 11.6 Å². The average Bonchev–Trinajstić information content (AvgIpc) is 3.34. The molecule has 0 aliphatic carbocycles. The topological polar surface area (TPSA) is 122 Å². The third-order valence-corrected chi connectivity index (χ3v) is 7.48. The van der Waals surface area contributed by atoms with Crippen LogP contribution in [0.5, 0.6) is 0 Å². The van der Waals surface area contributed by atoms with E-state index < -0.39 is 12.6 Å². The minimum absolute atomic E-state index is 0.125. The Bertz CT molecular complexity index is 1070. The van der Waals surface area contributed by atoms with Crippen LogP contribution >= 0.6 is 0 Å². The van der Waals surface area contributed by atoms with Crippen LogP contribution in [-0.4, -0.2) is 76.2 Å². The van der Waals surface area contributed by atoms with Gasteiger partial charge in [0.05, 0.1) is 0 Å². The molecule has 1 atom stereocenters. The Balaban J connectivity index is 1.69. The summed E-state index contributed by atoms with van der Waals surface area (Å²) < 4.78 is 28.3. The molecule has 1 unspecified atom stereocenters. The lowest BCUT2D eigenvalue weighted by Crippen LogP contribution is -2.52. The largest absolute Gasteiger partial charge is 0.393 e. The van der Waals surface area contributed by atoms with Crippen LogP contribution in [0.4, 0.5) is 19.3 Å². The van der Waals surface area contributed by atoms with E-state index in [9.17, 15) is 13.6 Å². The van der Waals surface area contributed by atoms with Gasteiger partial charge >= 0.3 is 6.03 Å². The molecule has 37 heavy (non-hydrogen) atoms. The number of carbonyl (C=O) groups is 1. The molecule has 3 aliphatic heterocycles. The van der Waals surface area contributed by atoms with Crippen molar-refractivity contribution in [3.8, 4) is 0 Å². The van der Waals surface area contributed by atoms with Gasteiger partial charge in [0.2, 0.25) is 0 Å². The Hall–Kier alpha value is -3.18. The van der Waals surface area contributed by atoms with Crippen molar-refractivity contribution in [2.24, 2.45) is 5.73 Å². The first kappa shape index (κ1) is 26.9. The molecule has 0 bridgehead atoms. The maximum Gasteiger partial charge on any atom is 0.317 e. The number of piperidine rings is 1. The first-order valence-electron chi connectivity index (χ1n) is 12.9. The molecule has 0 radical (unpaired) electrons. The predicted molar refractivity (Wildman–Crippen MR) is 143 cm³/mol. The first-order valence-corrected chi connectivity index (χ1v) is 12.9. The lowest BCUT2D eigenvalue weighted by atomic mass is 9.96. The highest BCUT2D eigenvalue weighted by molar-refractivity contribution is 6.09. The molecule has 1 fully saturated rings. The zero-order chi connectivity index (χ0) is 26.5. The van der Waals surface area contributed by atoms with Crippen LogP contribution in [0.15, 0.2) is 29.6 Å². The second kappa shape index (κ2) is 11.9. The van der Waals surface area contributed by atoms with Crippen molar-refractivity contribution in [3.05, 3.63) is 46.3 Å². The summed E-state index contributed by atoms with van der Waals surface area (Å²) in [6.07, 6.45) is 2.72. The lowest BCUT2D eigenvalue weighted by molar-refractivity contribution is 0.151. The third kappa shape index (κ3) is 5.72. The Labute approximate surface area is 217 Å². The highest BCUT2D eigenvalue weighted by Crippen LogP contribution is 2.39. The number of amides is 2. The number of nitrogens with zero attached hydrogens (tertiary/aromatic N) is 2. The Kier molecular flexibility index (Phi) is 8.65. The Morgan fingerprint density at radius 2 is 1.97 bits per heavy atom. The lowest BCUT2D eigenvalue weighted by Gasteiger charge is -2.39. The third-order valence-electron chi connectivity index (χ3n) is 7.48. The maximum atomic E-state index is 14.2. The monoisotopic (exact) mass is 516 g/mol. The van der Waals surface area contributed by atoms with E-state index in [2.05, 4.69) is 21.3 Å². The van der Waals surface area contributed by atoms with Gasteiger partial charge in [-0.2, -0.15) is 0 Å². The Morgan fingerprint density at radius 3 is 2.62 bits per heavy atom. The van der Waals surface area contributed by atoms with Crippen LogP contribution in [-0.2, 0) is 6.42 Å². The number of rotatable bonds is 8. The van der Waals surface area contributed by atoms with E-state index in [4.69, 9.17) is 11.1 Å². The summed E-state index contributed by atoms with van der Waals surface area (Å²) in [7, 11) is 3.29. The fourth-order valence-electron chi connectivity index (χ4n) is 5.51. The van der Waals surface area contributed by atoms with Gasteiger partial charge in [-0.25, -0.2) is 13.6 Å². The van der Waals surface area contributed by atoms with E-state index in [1.807, 2.05) is 4.90 Å². The summed E-state index contributed by atoms with van der Waals surface area (Å²) in [5.41, 5.74) is 11.1. The van der Waals surface area contributed by atoms with Gasteiger partial charge in [-0.15, -0.1) is 0 Å². The highest BCUT2D eigenvalue weighted by Gasteiger charge is 2.34. The van der Waals surface area contributed by atoms with E-state index >= 15 is 0 Å². The molecule has 0 saturated carbocycles. The van der Waals surface area contributed by atoms with Crippen molar-refractivity contribution < 1.29 is 13.6 Å². The number of alkyl halides is 2. The van der Waals surface area contributed by atoms with Crippen LogP contribution in [0.25, 0.3) is 5.57 Å². The van der Waals surface area contributed by atoms with Crippen molar-refractivity contribution in [1.29, 1.82) is 5.41 Å². The minimum Gasteiger partial charge on any atom is -0.393 e. The number of fused-ring (bicyclic) bond motifs is 1. The van der Waals surface area contributed by atoms with Crippen LogP contribution in [0, 0.1) is 5.41 Å². The second-order valence-corrected chi connectivity index (χ2v) is 9.69. The molecular weight excluding hydrogens is 478 g/mol. The summed E-state index contributed by atoms with van der Waals surface area (Å²) in [4.78, 5) is 16.2. The van der Waals surface area contributed by atoms with Gasteiger partial charge in [-0.3, -0.25) is 0 Å². The average molecular weight is 517 g/mol. The van der Waals surface area contributed by atoms with E-state index in [1.165, 1.54) is 6.07 Å². The molecular formula is C26H38F2N8O. The number of nitrogens with one attached hydrogen (secondary N) is 5. The molecule has 1 aromatic rings. The number of hydrogen-bond donors (Lipinski definition) is 6. The summed E-state index contributed by atoms with van der Waals surface area (Å²) in [5, 5.41) is 20.3. The number of carbonyl (C=O) groups excluding carboxylic acids is 1. The van der Waals surface area contributed by atoms with E-state index in [0.29, 0.717) is 55.3 Å². The number of halogens is 2. The number of benzene rings is 1. The molecule has 7 N–H and O–H groups in total. The smallest absolute Gasteiger partial charge is 0.317 e. The summed E-state index contributed by atoms with van der Waals surface area (Å²) >= 11 is 0. The summed E-state index contributed by atoms with van der Waals surface area (Å²) in [5.74, 6) is 0. The number of anilines is 1. The zero-order valence-corrected chi connectivity index (χ0v) is 21.5. The highest BCUT2D eigenvalue weighted by atomic mass is 19.3. The molecule has 3 heterocycles. The molecule has 0 spiro atoms. The first-order chi connectivity index (χ1) is 17.9. The van der Waals surface area contributed by atoms with Crippen molar-refractivity contribution in [2.45, 2.75) is 44.3 Å². The van der Waals surface area contributed by atoms with Crippen LogP contribution in [0.1, 0.15) is 42.4 Å². The number of urea groups is 1. The summed E-state index contributed by atoms with van der Waals surface area (Å²) in [6, 6.07) is 3.46. The van der Waals surface area contributed by atoms with Crippen molar-refractivity contribution >= 4 is 23.5 Å². The van der Waals surface area contributed by atoms with Gasteiger partial charge < -0.3 is 42.2 Å². The quantitative estimate of drug-likeness (QED) is 0.295. The maximum absolute atomic E-state index is 14.2. The van der Waals surface area contributed by atoms with Gasteiger partial charge in [-0.1, -0.05) is 0 Å². The van der Waals surface area contributed by atoms with Crippen molar-refractivity contribution in [3.63, 3.8) is 0 Å². The van der Waals surface area contributed by atoms with Gasteiger partial charge in [0.1, 0.15) is 6.17 Å². The molecule has 0 aromatic heterocycles. The van der Waals surface area contributed by atoms with Crippen LogP contribution in [0.2, 0.25) is 0 Å². The van der Waals surface area contributed by atoms with Crippen molar-refractivity contribution in [2.75, 3.05) is 51.7 Å². The molecule has 9 nitrogen and oxygen atoms in total. The fourth-order valence-corrected chi connectivity index (χ4v) is 5.51. The number of hydrogen-bond acceptors (Lipinski definition) is 7. The van der Waals surface area contributed by atoms with Crippen LogP contribution in [0.3, 0.4) is 0 Å². The standard InChI is InChI=1S/C26H38F2N8O/c1-31-14-17(13-29)19-11-16-5-10-36(23(16)12-20(19)24(27)28)25(30)21-15-35(26(37)32-2)9-6-22(21)34-18-3-7-33-8-4-18/h11-14,18,24-25,29,31,33-34H,3-10,15,30H2,1-2H3,(H,32,37)/b17-14+,29-13?. The van der Waals surface area contributed by atoms with Crippen LogP contribution < -0.4 is 31.9 Å². The second-order valence-electron chi connectivity index (χ2n) is 9.69. The normalized spacial score (nSPS) is 19.7. The van der Waals surface area contributed by atoms with Gasteiger partial charge in [0, 0.05) is 86.7 Å². The zero-order valence-electron chi connectivity index (χ0n) is 21.5. The SMILES string of the molecule is CN/C=C(\C=N)c1cc2c(cc1C(F)F)N(C(N)C1=C(NC3CCNCC3)CCN(C(=O)NC)C1)CC2. The van der Waals surface area contributed by atoms with E-state index in [1.54, 1.807) is 31.3 Å². The number of allylic oxidation sites excluding steroid dienone is 1. The fraction of sp³-hybridized carbons (Fsp3) is 0.538. The Morgan fingerprint density at radius 1 is 1.22 bits per heavy atom. The van der Waals surface area contributed by atoms with Gasteiger partial charge in [0.25, 0.3) is 6.43 Å². The van der Waals surface area contributed by atoms with Crippen molar-refractivity contribution in [1.82, 2.24) is 26.2 Å². The predicted octanol–water partition coefficient (Wildman–Crippen LogP) is 2.12.